The minimum absolute atomic E-state index is 0.546. The number of hydrogen-bond donors (Lipinski definition) is 2. The molecule has 3 unspecified atom stereocenters. The Labute approximate surface area is 135 Å². The Kier molecular flexibility index (Phi) is 4.15. The molecule has 0 bridgehead atoms. The third-order valence-corrected chi connectivity index (χ3v) is 4.11. The monoisotopic (exact) mass is 316 g/mol. The van der Waals surface area contributed by atoms with Gasteiger partial charge in [-0.3, -0.25) is 0 Å². The molecule has 3 rings (SSSR count). The first kappa shape index (κ1) is 15.6. The Morgan fingerprint density at radius 1 is 0.957 bits per heavy atom. The molecule has 23 heavy (non-hydrogen) atoms. The molecule has 0 saturated heterocycles. The summed E-state index contributed by atoms with van der Waals surface area (Å²) in [6, 6.07) is 10.8. The van der Waals surface area contributed by atoms with Crippen LogP contribution in [-0.4, -0.2) is 30.5 Å². The summed E-state index contributed by atoms with van der Waals surface area (Å²) in [5.41, 5.74) is 2.32. The third kappa shape index (κ3) is 2.73. The van der Waals surface area contributed by atoms with E-state index in [2.05, 4.69) is 0 Å². The first-order valence-electron chi connectivity index (χ1n) is 7.40. The first-order chi connectivity index (χ1) is 11.0. The van der Waals surface area contributed by atoms with Crippen LogP contribution in [-0.2, 0) is 0 Å². The highest BCUT2D eigenvalue weighted by Gasteiger charge is 2.37. The second kappa shape index (κ2) is 6.10. The van der Waals surface area contributed by atoms with Crippen LogP contribution in [0.1, 0.15) is 28.9 Å². The van der Waals surface area contributed by atoms with Crippen LogP contribution in [0.15, 0.2) is 36.4 Å². The Bertz CT molecular complexity index is 713. The van der Waals surface area contributed by atoms with E-state index in [9.17, 15) is 10.2 Å². The number of aliphatic hydroxyl groups excluding tert-OH is 2. The van der Waals surface area contributed by atoms with Gasteiger partial charge in [-0.2, -0.15) is 0 Å². The van der Waals surface area contributed by atoms with Gasteiger partial charge in [0.2, 0.25) is 0 Å². The van der Waals surface area contributed by atoms with E-state index in [1.54, 1.807) is 32.4 Å². The van der Waals surface area contributed by atoms with Crippen LogP contribution in [0.3, 0.4) is 0 Å². The average molecular weight is 316 g/mol. The highest BCUT2D eigenvalue weighted by Crippen LogP contribution is 2.42. The van der Waals surface area contributed by atoms with Gasteiger partial charge in [0.25, 0.3) is 0 Å². The van der Waals surface area contributed by atoms with Crippen molar-refractivity contribution in [2.75, 3.05) is 14.2 Å². The van der Waals surface area contributed by atoms with Crippen molar-refractivity contribution in [2.24, 2.45) is 0 Å². The number of fused-ring (bicyclic) bond motifs is 1. The van der Waals surface area contributed by atoms with Crippen molar-refractivity contribution < 1.29 is 24.4 Å². The zero-order valence-corrected chi connectivity index (χ0v) is 13.3. The molecule has 1 aliphatic rings. The van der Waals surface area contributed by atoms with Gasteiger partial charge in [0.1, 0.15) is 18.0 Å². The zero-order valence-electron chi connectivity index (χ0n) is 13.3. The summed E-state index contributed by atoms with van der Waals surface area (Å²) < 4.78 is 16.4. The van der Waals surface area contributed by atoms with Crippen molar-refractivity contribution in [3.63, 3.8) is 0 Å². The molecule has 0 aromatic heterocycles. The SMILES string of the molecule is COc1ccc(C2Oc3ccc(C)cc3C(O)C2O)cc1OC. The fourth-order valence-corrected chi connectivity index (χ4v) is 2.86. The van der Waals surface area contributed by atoms with E-state index in [4.69, 9.17) is 14.2 Å². The number of hydrogen-bond acceptors (Lipinski definition) is 5. The molecule has 1 aliphatic heterocycles. The summed E-state index contributed by atoms with van der Waals surface area (Å²) in [6.45, 7) is 1.93. The number of rotatable bonds is 3. The third-order valence-electron chi connectivity index (χ3n) is 4.11. The van der Waals surface area contributed by atoms with Gasteiger partial charge < -0.3 is 24.4 Å². The maximum absolute atomic E-state index is 10.5. The van der Waals surface area contributed by atoms with E-state index in [0.717, 1.165) is 5.56 Å². The zero-order chi connectivity index (χ0) is 16.6. The predicted molar refractivity (Wildman–Crippen MR) is 85.1 cm³/mol. The van der Waals surface area contributed by atoms with E-state index in [1.165, 1.54) is 0 Å². The number of benzene rings is 2. The molecular weight excluding hydrogens is 296 g/mol. The molecule has 0 radical (unpaired) electrons. The second-order valence-electron chi connectivity index (χ2n) is 5.63. The maximum atomic E-state index is 10.5. The van der Waals surface area contributed by atoms with Crippen LogP contribution < -0.4 is 14.2 Å². The minimum atomic E-state index is -1.07. The van der Waals surface area contributed by atoms with E-state index in [0.29, 0.717) is 28.4 Å². The number of aliphatic hydroxyl groups is 2. The Morgan fingerprint density at radius 2 is 1.70 bits per heavy atom. The van der Waals surface area contributed by atoms with Crippen molar-refractivity contribution in [1.29, 1.82) is 0 Å². The molecule has 0 fully saturated rings. The van der Waals surface area contributed by atoms with Gasteiger partial charge in [-0.05, 0) is 36.8 Å². The van der Waals surface area contributed by atoms with Gasteiger partial charge in [-0.25, -0.2) is 0 Å². The minimum Gasteiger partial charge on any atom is -0.493 e. The summed E-state index contributed by atoms with van der Waals surface area (Å²) in [5, 5.41) is 20.9. The molecule has 1 heterocycles. The van der Waals surface area contributed by atoms with Gasteiger partial charge >= 0.3 is 0 Å². The second-order valence-corrected chi connectivity index (χ2v) is 5.63. The lowest BCUT2D eigenvalue weighted by Crippen LogP contribution is -2.34. The molecule has 2 N–H and O–H groups in total. The largest absolute Gasteiger partial charge is 0.493 e. The van der Waals surface area contributed by atoms with Crippen LogP contribution in [0.2, 0.25) is 0 Å². The van der Waals surface area contributed by atoms with Gasteiger partial charge in [-0.1, -0.05) is 17.7 Å². The molecular formula is C18H20O5. The lowest BCUT2D eigenvalue weighted by Gasteiger charge is -2.34. The highest BCUT2D eigenvalue weighted by atomic mass is 16.5. The smallest absolute Gasteiger partial charge is 0.161 e. The van der Waals surface area contributed by atoms with E-state index < -0.39 is 18.3 Å². The van der Waals surface area contributed by atoms with Crippen molar-refractivity contribution >= 4 is 0 Å². The lowest BCUT2D eigenvalue weighted by atomic mass is 9.91. The van der Waals surface area contributed by atoms with Crippen molar-refractivity contribution in [1.82, 2.24) is 0 Å². The summed E-state index contributed by atoms with van der Waals surface area (Å²) >= 11 is 0. The van der Waals surface area contributed by atoms with Gasteiger partial charge in [0.15, 0.2) is 17.6 Å². The Morgan fingerprint density at radius 3 is 2.39 bits per heavy atom. The summed E-state index contributed by atoms with van der Waals surface area (Å²) in [4.78, 5) is 0. The van der Waals surface area contributed by atoms with Gasteiger partial charge in [0.05, 0.1) is 14.2 Å². The first-order valence-corrected chi connectivity index (χ1v) is 7.40. The van der Waals surface area contributed by atoms with Crippen LogP contribution in [0.25, 0.3) is 0 Å². The van der Waals surface area contributed by atoms with Crippen molar-refractivity contribution in [3.8, 4) is 17.2 Å². The number of methoxy groups -OCH3 is 2. The number of aryl methyl sites for hydroxylation is 1. The van der Waals surface area contributed by atoms with E-state index >= 15 is 0 Å². The van der Waals surface area contributed by atoms with E-state index in [1.807, 2.05) is 25.1 Å². The van der Waals surface area contributed by atoms with E-state index in [-0.39, 0.29) is 0 Å². The molecule has 0 amide bonds. The molecule has 0 saturated carbocycles. The molecule has 0 aliphatic carbocycles. The molecule has 5 heteroatoms. The fraction of sp³-hybridized carbons (Fsp3) is 0.333. The Balaban J connectivity index is 1.99. The summed E-state index contributed by atoms with van der Waals surface area (Å²) in [6.07, 6.45) is -2.75. The van der Waals surface area contributed by atoms with Crippen LogP contribution in [0, 0.1) is 6.92 Å². The van der Waals surface area contributed by atoms with Crippen molar-refractivity contribution in [2.45, 2.75) is 25.2 Å². The molecule has 122 valence electrons. The van der Waals surface area contributed by atoms with Crippen LogP contribution in [0.5, 0.6) is 17.2 Å². The fourth-order valence-electron chi connectivity index (χ4n) is 2.86. The van der Waals surface area contributed by atoms with Crippen LogP contribution in [0.4, 0.5) is 0 Å². The standard InChI is InChI=1S/C18H20O5/c1-10-4-6-13-12(8-10)16(19)17(20)18(23-13)11-5-7-14(21-2)15(9-11)22-3/h4-9,16-20H,1-3H3. The van der Waals surface area contributed by atoms with Gasteiger partial charge in [-0.15, -0.1) is 0 Å². The topological polar surface area (TPSA) is 68.2 Å². The average Bonchev–Trinajstić information content (AvgIpc) is 2.58. The maximum Gasteiger partial charge on any atom is 0.161 e. The quantitative estimate of drug-likeness (QED) is 0.911. The number of ether oxygens (including phenoxy) is 3. The highest BCUT2D eigenvalue weighted by molar-refractivity contribution is 5.46. The normalized spacial score (nSPS) is 22.9. The summed E-state index contributed by atoms with van der Waals surface area (Å²) in [7, 11) is 3.11. The molecule has 0 spiro atoms. The molecule has 5 nitrogen and oxygen atoms in total. The molecule has 3 atom stereocenters. The molecule has 2 aromatic rings. The summed E-state index contributed by atoms with van der Waals surface area (Å²) in [5.74, 6) is 1.72. The van der Waals surface area contributed by atoms with Gasteiger partial charge in [0, 0.05) is 5.56 Å². The predicted octanol–water partition coefficient (Wildman–Crippen LogP) is 2.54. The Hall–Kier alpha value is -2.24. The lowest BCUT2D eigenvalue weighted by molar-refractivity contribution is -0.0700. The van der Waals surface area contributed by atoms with Crippen molar-refractivity contribution in [3.05, 3.63) is 53.1 Å². The van der Waals surface area contributed by atoms with Crippen LogP contribution >= 0.6 is 0 Å². The molecule has 2 aromatic carbocycles.